The summed E-state index contributed by atoms with van der Waals surface area (Å²) in [6.07, 6.45) is 7.37. The number of hydrogen-bond acceptors (Lipinski definition) is 5. The van der Waals surface area contributed by atoms with Crippen LogP contribution in [-0.4, -0.2) is 56.3 Å². The summed E-state index contributed by atoms with van der Waals surface area (Å²) in [6, 6.07) is 11.7. The molecule has 1 heterocycles. The maximum Gasteiger partial charge on any atom is 0.243 e. The van der Waals surface area contributed by atoms with Gasteiger partial charge < -0.3 is 16.0 Å². The zero-order chi connectivity index (χ0) is 26.7. The van der Waals surface area contributed by atoms with Gasteiger partial charge in [0.2, 0.25) is 21.8 Å². The van der Waals surface area contributed by atoms with Crippen LogP contribution in [0, 0.1) is 0 Å². The van der Waals surface area contributed by atoms with Crippen molar-refractivity contribution in [2.75, 3.05) is 19.6 Å². The van der Waals surface area contributed by atoms with E-state index in [4.69, 9.17) is 11.6 Å². The second-order valence-corrected chi connectivity index (χ2v) is 12.8. The van der Waals surface area contributed by atoms with Crippen LogP contribution in [0.25, 0.3) is 0 Å². The second kappa shape index (κ2) is 11.7. The molecule has 2 aliphatic carbocycles. The Labute approximate surface area is 229 Å². The van der Waals surface area contributed by atoms with Gasteiger partial charge in [-0.05, 0) is 86.0 Å². The number of hydrogen-bond donors (Lipinski definition) is 3. The molecular formula is C28H35ClN4O4S. The van der Waals surface area contributed by atoms with Crippen molar-refractivity contribution in [3.05, 3.63) is 64.2 Å². The lowest BCUT2D eigenvalue weighted by Gasteiger charge is -2.34. The molecule has 204 valence electrons. The lowest BCUT2D eigenvalue weighted by atomic mass is 9.86. The predicted molar refractivity (Wildman–Crippen MR) is 146 cm³/mol. The molecule has 1 aliphatic heterocycles. The average Bonchev–Trinajstić information content (AvgIpc) is 2.87. The first-order valence-corrected chi connectivity index (χ1v) is 15.3. The molecule has 2 fully saturated rings. The molecule has 2 amide bonds. The van der Waals surface area contributed by atoms with Gasteiger partial charge in [-0.1, -0.05) is 36.2 Å². The Kier molecular flexibility index (Phi) is 8.38. The molecule has 3 N–H and O–H groups in total. The largest absolute Gasteiger partial charge is 0.353 e. The first-order chi connectivity index (χ1) is 18.3. The second-order valence-electron chi connectivity index (χ2n) is 10.5. The summed E-state index contributed by atoms with van der Waals surface area (Å²) in [4.78, 5) is 25.9. The summed E-state index contributed by atoms with van der Waals surface area (Å²) >= 11 is 5.92. The highest BCUT2D eigenvalue weighted by Gasteiger charge is 2.40. The first-order valence-electron chi connectivity index (χ1n) is 13.5. The predicted octanol–water partition coefficient (Wildman–Crippen LogP) is 3.10. The van der Waals surface area contributed by atoms with Crippen molar-refractivity contribution in [1.29, 1.82) is 0 Å². The van der Waals surface area contributed by atoms with Crippen molar-refractivity contribution >= 4 is 33.4 Å². The van der Waals surface area contributed by atoms with Crippen LogP contribution in [0.4, 0.5) is 0 Å². The van der Waals surface area contributed by atoms with E-state index in [0.717, 1.165) is 42.1 Å². The SMILES string of the molecule is O=C(C[C@@H]1C(=O)NCCN1S(=O)(=O)c1ccc(Cl)cc1)N[C@@H]1CCCc2cc(CCNC3CCC3)ccc21. The molecule has 1 saturated heterocycles. The minimum Gasteiger partial charge on any atom is -0.353 e. The van der Waals surface area contributed by atoms with Gasteiger partial charge in [0.05, 0.1) is 17.4 Å². The van der Waals surface area contributed by atoms with Crippen molar-refractivity contribution in [3.8, 4) is 0 Å². The fourth-order valence-corrected chi connectivity index (χ4v) is 7.27. The number of benzene rings is 2. The van der Waals surface area contributed by atoms with Gasteiger partial charge in [0.1, 0.15) is 6.04 Å². The van der Waals surface area contributed by atoms with Crippen molar-refractivity contribution in [3.63, 3.8) is 0 Å². The maximum atomic E-state index is 13.3. The van der Waals surface area contributed by atoms with Gasteiger partial charge in [-0.2, -0.15) is 4.31 Å². The van der Waals surface area contributed by atoms with Crippen molar-refractivity contribution < 1.29 is 18.0 Å². The maximum absolute atomic E-state index is 13.3. The third kappa shape index (κ3) is 6.06. The van der Waals surface area contributed by atoms with E-state index in [1.54, 1.807) is 0 Å². The Morgan fingerprint density at radius 1 is 1.08 bits per heavy atom. The van der Waals surface area contributed by atoms with E-state index in [2.05, 4.69) is 34.1 Å². The molecule has 2 aromatic rings. The number of piperazine rings is 1. The monoisotopic (exact) mass is 558 g/mol. The van der Waals surface area contributed by atoms with Gasteiger partial charge in [0.15, 0.2) is 0 Å². The van der Waals surface area contributed by atoms with Gasteiger partial charge in [-0.3, -0.25) is 9.59 Å². The quantitative estimate of drug-likeness (QED) is 0.438. The highest BCUT2D eigenvalue weighted by molar-refractivity contribution is 7.89. The van der Waals surface area contributed by atoms with Gasteiger partial charge in [0, 0.05) is 24.2 Å². The number of sulfonamides is 1. The fourth-order valence-electron chi connectivity index (χ4n) is 5.55. The van der Waals surface area contributed by atoms with E-state index in [1.807, 2.05) is 0 Å². The number of halogens is 1. The molecule has 38 heavy (non-hydrogen) atoms. The number of nitrogens with one attached hydrogen (secondary N) is 3. The summed E-state index contributed by atoms with van der Waals surface area (Å²) in [5.41, 5.74) is 3.66. The van der Waals surface area contributed by atoms with E-state index in [1.165, 1.54) is 54.7 Å². The normalized spacial score (nSPS) is 22.3. The summed E-state index contributed by atoms with van der Waals surface area (Å²) in [5.74, 6) is -0.803. The summed E-state index contributed by atoms with van der Waals surface area (Å²) in [5, 5.41) is 9.82. The topological polar surface area (TPSA) is 108 Å². The minimum absolute atomic E-state index is 0.0434. The molecule has 2 aromatic carbocycles. The highest BCUT2D eigenvalue weighted by atomic mass is 35.5. The van der Waals surface area contributed by atoms with E-state index in [0.29, 0.717) is 11.1 Å². The molecule has 0 bridgehead atoms. The molecule has 0 unspecified atom stereocenters. The number of carbonyl (C=O) groups is 2. The van der Waals surface area contributed by atoms with E-state index in [-0.39, 0.29) is 36.4 Å². The van der Waals surface area contributed by atoms with Gasteiger partial charge in [0.25, 0.3) is 0 Å². The van der Waals surface area contributed by atoms with Crippen LogP contribution >= 0.6 is 11.6 Å². The lowest BCUT2D eigenvalue weighted by molar-refractivity contribution is -0.132. The molecule has 0 aromatic heterocycles. The Balaban J connectivity index is 1.24. The van der Waals surface area contributed by atoms with Crippen LogP contribution in [0.15, 0.2) is 47.4 Å². The van der Waals surface area contributed by atoms with E-state index < -0.39 is 22.0 Å². The van der Waals surface area contributed by atoms with Gasteiger partial charge in [-0.25, -0.2) is 8.42 Å². The average molecular weight is 559 g/mol. The molecule has 8 nitrogen and oxygen atoms in total. The number of carbonyl (C=O) groups excluding carboxylic acids is 2. The highest BCUT2D eigenvalue weighted by Crippen LogP contribution is 2.31. The van der Waals surface area contributed by atoms with Crippen LogP contribution in [0.5, 0.6) is 0 Å². The molecule has 10 heteroatoms. The number of rotatable bonds is 9. The molecule has 1 saturated carbocycles. The van der Waals surface area contributed by atoms with Gasteiger partial charge in [-0.15, -0.1) is 0 Å². The number of nitrogens with zero attached hydrogens (tertiary/aromatic N) is 1. The molecule has 5 rings (SSSR count). The van der Waals surface area contributed by atoms with Crippen LogP contribution in [-0.2, 0) is 32.5 Å². The molecule has 0 radical (unpaired) electrons. The fraction of sp³-hybridized carbons (Fsp3) is 0.500. The van der Waals surface area contributed by atoms with E-state index in [9.17, 15) is 18.0 Å². The van der Waals surface area contributed by atoms with Crippen molar-refractivity contribution in [2.24, 2.45) is 0 Å². The van der Waals surface area contributed by atoms with Crippen molar-refractivity contribution in [1.82, 2.24) is 20.3 Å². The Hall–Kier alpha value is -2.46. The van der Waals surface area contributed by atoms with E-state index >= 15 is 0 Å². The Bertz CT molecular complexity index is 1280. The standard InChI is InChI=1S/C28H35ClN4O4S/c29-21-8-10-23(11-9-21)38(36,37)33-16-15-31-28(35)26(33)18-27(34)32-25-6-1-3-20-17-19(7-12-24(20)25)13-14-30-22-4-2-5-22/h7-12,17,22,25-26,30H,1-6,13-16,18H2,(H,31,35)(H,32,34)/t25-,26-/m1/s1. The Morgan fingerprint density at radius 2 is 1.87 bits per heavy atom. The zero-order valence-electron chi connectivity index (χ0n) is 21.4. The van der Waals surface area contributed by atoms with Crippen LogP contribution in [0.1, 0.15) is 61.3 Å². The third-order valence-corrected chi connectivity index (χ3v) is 10.1. The number of fused-ring (bicyclic) bond motifs is 1. The van der Waals surface area contributed by atoms with Gasteiger partial charge >= 0.3 is 0 Å². The summed E-state index contributed by atoms with van der Waals surface area (Å²) in [7, 11) is -3.98. The number of amides is 2. The minimum atomic E-state index is -3.98. The molecule has 0 spiro atoms. The van der Waals surface area contributed by atoms with Crippen LogP contribution in [0.3, 0.4) is 0 Å². The summed E-state index contributed by atoms with van der Waals surface area (Å²) in [6.45, 7) is 1.26. The molecule has 2 atom stereocenters. The van der Waals surface area contributed by atoms with Crippen LogP contribution < -0.4 is 16.0 Å². The zero-order valence-corrected chi connectivity index (χ0v) is 23.0. The first kappa shape index (κ1) is 27.1. The smallest absolute Gasteiger partial charge is 0.243 e. The Morgan fingerprint density at radius 3 is 2.61 bits per heavy atom. The third-order valence-electron chi connectivity index (χ3n) is 7.89. The lowest BCUT2D eigenvalue weighted by Crippen LogP contribution is -2.58. The van der Waals surface area contributed by atoms with Crippen LogP contribution in [0.2, 0.25) is 5.02 Å². The van der Waals surface area contributed by atoms with Crippen molar-refractivity contribution in [2.45, 2.75) is 74.4 Å². The number of aryl methyl sites for hydroxylation is 1. The summed E-state index contributed by atoms with van der Waals surface area (Å²) < 4.78 is 27.8. The molecule has 3 aliphatic rings. The molecular weight excluding hydrogens is 524 g/mol.